The minimum Gasteiger partial charge on any atom is -0.508 e. The van der Waals surface area contributed by atoms with Gasteiger partial charge in [-0.05, 0) is 12.1 Å². The van der Waals surface area contributed by atoms with E-state index in [2.05, 4.69) is 11.9 Å². The lowest BCUT2D eigenvalue weighted by Gasteiger charge is -2.30. The Bertz CT molecular complexity index is 427. The van der Waals surface area contributed by atoms with Gasteiger partial charge in [0.05, 0.1) is 38.1 Å². The van der Waals surface area contributed by atoms with E-state index in [-0.39, 0.29) is 5.75 Å². The largest absolute Gasteiger partial charge is 0.508 e. The van der Waals surface area contributed by atoms with Crippen LogP contribution in [-0.4, -0.2) is 49.9 Å². The van der Waals surface area contributed by atoms with Crippen LogP contribution in [-0.2, 0) is 0 Å². The van der Waals surface area contributed by atoms with E-state index in [9.17, 15) is 5.11 Å². The first-order chi connectivity index (χ1) is 9.00. The third-order valence-electron chi connectivity index (χ3n) is 4.26. The number of likely N-dealkylation sites (tertiary alicyclic amines) is 1. The van der Waals surface area contributed by atoms with Crippen molar-refractivity contribution in [2.45, 2.75) is 19.3 Å². The SMILES string of the molecule is CN(CCC[N+]1(C)CCCC1)c1cc(O)ccc1N. The molecule has 0 aliphatic carbocycles. The summed E-state index contributed by atoms with van der Waals surface area (Å²) in [6.45, 7) is 4.83. The number of phenolic OH excluding ortho intramolecular Hbond substituents is 1. The lowest BCUT2D eigenvalue weighted by Crippen LogP contribution is -2.42. The maximum atomic E-state index is 9.54. The van der Waals surface area contributed by atoms with Crippen LogP contribution < -0.4 is 10.6 Å². The van der Waals surface area contributed by atoms with Crippen molar-refractivity contribution in [1.82, 2.24) is 0 Å². The number of rotatable bonds is 5. The van der Waals surface area contributed by atoms with E-state index in [0.717, 1.165) is 24.3 Å². The molecule has 4 nitrogen and oxygen atoms in total. The van der Waals surface area contributed by atoms with Gasteiger partial charge >= 0.3 is 0 Å². The number of aromatic hydroxyl groups is 1. The van der Waals surface area contributed by atoms with E-state index in [1.54, 1.807) is 18.2 Å². The first-order valence-corrected chi connectivity index (χ1v) is 7.13. The Morgan fingerprint density at radius 1 is 1.32 bits per heavy atom. The average Bonchev–Trinajstić information content (AvgIpc) is 2.79. The molecule has 19 heavy (non-hydrogen) atoms. The van der Waals surface area contributed by atoms with Crippen LogP contribution in [0.4, 0.5) is 11.4 Å². The second-order valence-corrected chi connectivity index (χ2v) is 6.02. The van der Waals surface area contributed by atoms with Gasteiger partial charge in [-0.2, -0.15) is 0 Å². The summed E-state index contributed by atoms with van der Waals surface area (Å²) in [5.74, 6) is 0.273. The number of benzene rings is 1. The van der Waals surface area contributed by atoms with Crippen molar-refractivity contribution in [3.8, 4) is 5.75 Å². The zero-order chi connectivity index (χ0) is 13.9. The molecule has 1 heterocycles. The Labute approximate surface area is 116 Å². The van der Waals surface area contributed by atoms with Gasteiger partial charge in [0.15, 0.2) is 0 Å². The monoisotopic (exact) mass is 264 g/mol. The van der Waals surface area contributed by atoms with E-state index >= 15 is 0 Å². The van der Waals surface area contributed by atoms with Crippen LogP contribution in [0.1, 0.15) is 19.3 Å². The molecule has 2 rings (SSSR count). The molecule has 4 heteroatoms. The van der Waals surface area contributed by atoms with E-state index in [1.165, 1.54) is 37.0 Å². The molecule has 0 radical (unpaired) electrons. The first-order valence-electron chi connectivity index (χ1n) is 7.13. The van der Waals surface area contributed by atoms with Gasteiger partial charge in [-0.25, -0.2) is 0 Å². The molecule has 0 atom stereocenters. The molecule has 0 saturated carbocycles. The lowest BCUT2D eigenvalue weighted by atomic mass is 10.2. The fourth-order valence-electron chi connectivity index (χ4n) is 3.00. The summed E-state index contributed by atoms with van der Waals surface area (Å²) < 4.78 is 1.21. The van der Waals surface area contributed by atoms with Crippen LogP contribution >= 0.6 is 0 Å². The van der Waals surface area contributed by atoms with Crippen LogP contribution in [0.15, 0.2) is 18.2 Å². The number of nitrogens with two attached hydrogens (primary N) is 1. The highest BCUT2D eigenvalue weighted by atomic mass is 16.3. The summed E-state index contributed by atoms with van der Waals surface area (Å²) in [5.41, 5.74) is 7.60. The fourth-order valence-corrected chi connectivity index (χ4v) is 3.00. The molecule has 1 aliphatic heterocycles. The molecular weight excluding hydrogens is 238 g/mol. The van der Waals surface area contributed by atoms with Gasteiger partial charge in [-0.15, -0.1) is 0 Å². The number of nitrogens with zero attached hydrogens (tertiary/aromatic N) is 2. The van der Waals surface area contributed by atoms with Gasteiger partial charge in [-0.1, -0.05) is 0 Å². The number of anilines is 2. The van der Waals surface area contributed by atoms with Crippen LogP contribution in [0.3, 0.4) is 0 Å². The predicted molar refractivity (Wildman–Crippen MR) is 80.4 cm³/mol. The second kappa shape index (κ2) is 5.70. The number of quaternary nitrogens is 1. The molecule has 0 amide bonds. The predicted octanol–water partition coefficient (Wildman–Crippen LogP) is 2.04. The van der Waals surface area contributed by atoms with Crippen molar-refractivity contribution in [3.05, 3.63) is 18.2 Å². The Kier molecular flexibility index (Phi) is 4.20. The van der Waals surface area contributed by atoms with Gasteiger partial charge in [0.2, 0.25) is 0 Å². The highest BCUT2D eigenvalue weighted by molar-refractivity contribution is 5.69. The van der Waals surface area contributed by atoms with Gasteiger partial charge in [0.25, 0.3) is 0 Å². The minimum atomic E-state index is 0.273. The molecular formula is C15H26N3O+. The van der Waals surface area contributed by atoms with Gasteiger partial charge < -0.3 is 20.2 Å². The van der Waals surface area contributed by atoms with Crippen molar-refractivity contribution >= 4 is 11.4 Å². The number of hydrogen-bond donors (Lipinski definition) is 2. The normalized spacial score (nSPS) is 17.6. The fraction of sp³-hybridized carbons (Fsp3) is 0.600. The van der Waals surface area contributed by atoms with E-state index in [4.69, 9.17) is 5.73 Å². The van der Waals surface area contributed by atoms with Crippen molar-refractivity contribution in [2.24, 2.45) is 0 Å². The maximum absolute atomic E-state index is 9.54. The number of phenols is 1. The summed E-state index contributed by atoms with van der Waals surface area (Å²) >= 11 is 0. The molecule has 1 aromatic carbocycles. The Morgan fingerprint density at radius 3 is 2.68 bits per heavy atom. The number of hydrogen-bond acceptors (Lipinski definition) is 3. The Hall–Kier alpha value is -1.42. The summed E-state index contributed by atoms with van der Waals surface area (Å²) in [5, 5.41) is 9.54. The third kappa shape index (κ3) is 3.53. The summed E-state index contributed by atoms with van der Waals surface area (Å²) in [7, 11) is 4.39. The standard InChI is InChI=1S/C15H25N3O/c1-17(15-12-13(19)6-7-14(15)16)8-5-11-18(2)9-3-4-10-18/h6-7,12H,3-5,8-11,16H2,1-2H3/p+1. The third-order valence-corrected chi connectivity index (χ3v) is 4.26. The maximum Gasteiger partial charge on any atom is 0.117 e. The number of nitrogen functional groups attached to an aromatic ring is 1. The zero-order valence-electron chi connectivity index (χ0n) is 12.1. The zero-order valence-corrected chi connectivity index (χ0v) is 12.1. The highest BCUT2D eigenvalue weighted by Crippen LogP contribution is 2.27. The van der Waals surface area contributed by atoms with Crippen molar-refractivity contribution < 1.29 is 9.59 Å². The molecule has 1 aliphatic rings. The average molecular weight is 264 g/mol. The summed E-state index contributed by atoms with van der Waals surface area (Å²) in [4.78, 5) is 2.14. The van der Waals surface area contributed by atoms with Crippen LogP contribution in [0.25, 0.3) is 0 Å². The van der Waals surface area contributed by atoms with Gasteiger partial charge in [0.1, 0.15) is 5.75 Å². The minimum absolute atomic E-state index is 0.273. The molecule has 0 unspecified atom stereocenters. The van der Waals surface area contributed by atoms with E-state index < -0.39 is 0 Å². The molecule has 106 valence electrons. The second-order valence-electron chi connectivity index (χ2n) is 6.02. The van der Waals surface area contributed by atoms with Crippen LogP contribution in [0.5, 0.6) is 5.75 Å². The molecule has 0 spiro atoms. The Balaban J connectivity index is 1.87. The van der Waals surface area contributed by atoms with Crippen LogP contribution in [0, 0.1) is 0 Å². The van der Waals surface area contributed by atoms with E-state index in [0.29, 0.717) is 0 Å². The lowest BCUT2D eigenvalue weighted by molar-refractivity contribution is -0.897. The van der Waals surface area contributed by atoms with Crippen molar-refractivity contribution in [2.75, 3.05) is 50.9 Å². The molecule has 0 bridgehead atoms. The Morgan fingerprint density at radius 2 is 2.00 bits per heavy atom. The van der Waals surface area contributed by atoms with Crippen LogP contribution in [0.2, 0.25) is 0 Å². The van der Waals surface area contributed by atoms with Crippen molar-refractivity contribution in [3.63, 3.8) is 0 Å². The highest BCUT2D eigenvalue weighted by Gasteiger charge is 2.26. The van der Waals surface area contributed by atoms with E-state index in [1.807, 2.05) is 7.05 Å². The summed E-state index contributed by atoms with van der Waals surface area (Å²) in [6.07, 6.45) is 3.89. The summed E-state index contributed by atoms with van der Waals surface area (Å²) in [6, 6.07) is 5.13. The molecule has 0 aromatic heterocycles. The van der Waals surface area contributed by atoms with Gasteiger partial charge in [0, 0.05) is 38.9 Å². The molecule has 1 fully saturated rings. The topological polar surface area (TPSA) is 49.5 Å². The molecule has 1 aromatic rings. The first kappa shape index (κ1) is 14.0. The molecule has 3 N–H and O–H groups in total. The van der Waals surface area contributed by atoms with Gasteiger partial charge in [-0.3, -0.25) is 0 Å². The quantitative estimate of drug-likeness (QED) is 0.486. The van der Waals surface area contributed by atoms with Crippen molar-refractivity contribution in [1.29, 1.82) is 0 Å². The molecule has 1 saturated heterocycles. The smallest absolute Gasteiger partial charge is 0.117 e.